The molecule has 0 radical (unpaired) electrons. The Morgan fingerprint density at radius 2 is 2.10 bits per heavy atom. The Bertz CT molecular complexity index is 493. The van der Waals surface area contributed by atoms with Crippen molar-refractivity contribution in [1.29, 1.82) is 0 Å². The third-order valence-corrected chi connectivity index (χ3v) is 5.06. The van der Waals surface area contributed by atoms with Gasteiger partial charge in [-0.25, -0.2) is 0 Å². The van der Waals surface area contributed by atoms with Gasteiger partial charge in [-0.2, -0.15) is 0 Å². The average molecular weight is 331 g/mol. The van der Waals surface area contributed by atoms with Crippen LogP contribution in [-0.2, 0) is 0 Å². The monoisotopic (exact) mass is 330 g/mol. The van der Waals surface area contributed by atoms with Gasteiger partial charge in [-0.15, -0.1) is 0 Å². The second-order valence-electron chi connectivity index (χ2n) is 5.41. The van der Waals surface area contributed by atoms with Gasteiger partial charge >= 0.3 is 0 Å². The number of anilines is 1. The lowest BCUT2D eigenvalue weighted by molar-refractivity contribution is 0.196. The fourth-order valence-corrected chi connectivity index (χ4v) is 3.24. The number of piperidine rings is 1. The summed E-state index contributed by atoms with van der Waals surface area (Å²) in [5, 5.41) is 5.14. The predicted octanol–water partition coefficient (Wildman–Crippen LogP) is 5.20. The van der Waals surface area contributed by atoms with Gasteiger partial charge in [-0.05, 0) is 56.1 Å². The summed E-state index contributed by atoms with van der Waals surface area (Å²) in [6.45, 7) is 5.51. The fourth-order valence-electron chi connectivity index (χ4n) is 2.57. The van der Waals surface area contributed by atoms with Gasteiger partial charge in [0.15, 0.2) is 5.11 Å². The molecule has 1 aromatic carbocycles. The molecule has 110 valence electrons. The molecule has 0 aromatic heterocycles. The first-order valence-electron chi connectivity index (χ1n) is 7.04. The molecule has 0 saturated carbocycles. The van der Waals surface area contributed by atoms with E-state index in [4.69, 9.17) is 35.4 Å². The second kappa shape index (κ2) is 6.97. The summed E-state index contributed by atoms with van der Waals surface area (Å²) in [5.74, 6) is 0.736. The van der Waals surface area contributed by atoms with Crippen molar-refractivity contribution in [2.75, 3.05) is 11.9 Å². The molecule has 1 aromatic rings. The Balaban J connectivity index is 2.04. The molecule has 1 heterocycles. The first-order chi connectivity index (χ1) is 9.51. The summed E-state index contributed by atoms with van der Waals surface area (Å²) in [5.41, 5.74) is 0.884. The van der Waals surface area contributed by atoms with Gasteiger partial charge in [-0.1, -0.05) is 36.5 Å². The molecule has 0 amide bonds. The molecule has 0 spiro atoms. The summed E-state index contributed by atoms with van der Waals surface area (Å²) in [6, 6.07) is 5.97. The highest BCUT2D eigenvalue weighted by molar-refractivity contribution is 7.80. The average Bonchev–Trinajstić information content (AvgIpc) is 2.43. The maximum absolute atomic E-state index is 6.03. The Hall–Kier alpha value is -0.510. The summed E-state index contributed by atoms with van der Waals surface area (Å²) < 4.78 is 0. The third-order valence-electron chi connectivity index (χ3n) is 3.99. The van der Waals surface area contributed by atoms with Crippen molar-refractivity contribution in [2.45, 2.75) is 39.2 Å². The fraction of sp³-hybridized carbons (Fsp3) is 0.533. The van der Waals surface area contributed by atoms with Crippen molar-refractivity contribution in [1.82, 2.24) is 4.90 Å². The lowest BCUT2D eigenvalue weighted by atomic mass is 9.92. The maximum atomic E-state index is 6.03. The zero-order chi connectivity index (χ0) is 14.7. The van der Waals surface area contributed by atoms with Gasteiger partial charge in [0.25, 0.3) is 0 Å². The topological polar surface area (TPSA) is 15.3 Å². The van der Waals surface area contributed by atoms with Crippen molar-refractivity contribution in [3.8, 4) is 0 Å². The number of likely N-dealkylation sites (tertiary alicyclic amines) is 1. The molecule has 2 atom stereocenters. The van der Waals surface area contributed by atoms with Gasteiger partial charge in [0.1, 0.15) is 0 Å². The van der Waals surface area contributed by atoms with Gasteiger partial charge in [0.05, 0.1) is 10.0 Å². The van der Waals surface area contributed by atoms with Crippen LogP contribution in [0, 0.1) is 5.92 Å². The lowest BCUT2D eigenvalue weighted by Crippen LogP contribution is -2.47. The van der Waals surface area contributed by atoms with Crippen LogP contribution in [0.1, 0.15) is 33.1 Å². The highest BCUT2D eigenvalue weighted by atomic mass is 35.5. The van der Waals surface area contributed by atoms with E-state index in [0.29, 0.717) is 16.1 Å². The Labute approximate surface area is 136 Å². The minimum absolute atomic E-state index is 0.487. The zero-order valence-electron chi connectivity index (χ0n) is 11.8. The van der Waals surface area contributed by atoms with E-state index in [9.17, 15) is 0 Å². The molecule has 1 aliphatic heterocycles. The molecule has 1 fully saturated rings. The molecule has 1 N–H and O–H groups in total. The number of benzene rings is 1. The van der Waals surface area contributed by atoms with Crippen LogP contribution in [0.5, 0.6) is 0 Å². The van der Waals surface area contributed by atoms with Crippen molar-refractivity contribution in [3.05, 3.63) is 28.2 Å². The highest BCUT2D eigenvalue weighted by Crippen LogP contribution is 2.27. The number of hydrogen-bond donors (Lipinski definition) is 1. The molecule has 0 aliphatic carbocycles. The number of nitrogens with one attached hydrogen (secondary N) is 1. The number of hydrogen-bond acceptors (Lipinski definition) is 1. The molecule has 1 saturated heterocycles. The highest BCUT2D eigenvalue weighted by Gasteiger charge is 2.26. The van der Waals surface area contributed by atoms with Crippen LogP contribution < -0.4 is 5.32 Å². The maximum Gasteiger partial charge on any atom is 0.173 e. The molecule has 1 aliphatic rings. The second-order valence-corrected chi connectivity index (χ2v) is 6.61. The van der Waals surface area contributed by atoms with Crippen molar-refractivity contribution in [3.63, 3.8) is 0 Å². The first kappa shape index (κ1) is 15.9. The van der Waals surface area contributed by atoms with Gasteiger partial charge in [0.2, 0.25) is 0 Å². The number of rotatable bonds is 2. The van der Waals surface area contributed by atoms with E-state index in [1.165, 1.54) is 19.3 Å². The molecule has 0 bridgehead atoms. The van der Waals surface area contributed by atoms with Crippen LogP contribution in [-0.4, -0.2) is 22.6 Å². The molecule has 5 heteroatoms. The number of halogens is 2. The van der Waals surface area contributed by atoms with E-state index in [0.717, 1.165) is 23.3 Å². The summed E-state index contributed by atoms with van der Waals surface area (Å²) >= 11 is 17.5. The normalized spacial score (nSPS) is 22.7. The molecule has 2 rings (SSSR count). The van der Waals surface area contributed by atoms with Crippen molar-refractivity contribution in [2.24, 2.45) is 5.92 Å². The van der Waals surface area contributed by atoms with Crippen molar-refractivity contribution < 1.29 is 0 Å². The van der Waals surface area contributed by atoms with Gasteiger partial charge in [-0.3, -0.25) is 0 Å². The predicted molar refractivity (Wildman–Crippen MR) is 91.9 cm³/mol. The van der Waals surface area contributed by atoms with Crippen LogP contribution in [0.25, 0.3) is 0 Å². The standard InChI is InChI=1S/C15H20Cl2N2S/c1-3-11-5-4-10(2)19(9-11)15(20)18-12-6-7-13(16)14(17)8-12/h6-8,10-11H,3-5,9H2,1-2H3,(H,18,20). The quantitative estimate of drug-likeness (QED) is 0.750. The Morgan fingerprint density at radius 3 is 2.75 bits per heavy atom. The number of nitrogens with zero attached hydrogens (tertiary/aromatic N) is 1. The van der Waals surface area contributed by atoms with Gasteiger partial charge < -0.3 is 10.2 Å². The van der Waals surface area contributed by atoms with Crippen LogP contribution in [0.2, 0.25) is 10.0 Å². The number of thiocarbonyl (C=S) groups is 1. The molecule has 20 heavy (non-hydrogen) atoms. The van der Waals surface area contributed by atoms with E-state index < -0.39 is 0 Å². The Morgan fingerprint density at radius 1 is 1.35 bits per heavy atom. The molecule has 2 unspecified atom stereocenters. The molecular weight excluding hydrogens is 311 g/mol. The zero-order valence-corrected chi connectivity index (χ0v) is 14.2. The van der Waals surface area contributed by atoms with E-state index >= 15 is 0 Å². The summed E-state index contributed by atoms with van der Waals surface area (Å²) in [7, 11) is 0. The molecule has 2 nitrogen and oxygen atoms in total. The van der Waals surface area contributed by atoms with Crippen LogP contribution >= 0.6 is 35.4 Å². The van der Waals surface area contributed by atoms with Crippen LogP contribution in [0.3, 0.4) is 0 Å². The van der Waals surface area contributed by atoms with Crippen molar-refractivity contribution >= 4 is 46.2 Å². The lowest BCUT2D eigenvalue weighted by Gasteiger charge is -2.39. The van der Waals surface area contributed by atoms with E-state index in [-0.39, 0.29) is 0 Å². The summed E-state index contributed by atoms with van der Waals surface area (Å²) in [4.78, 5) is 2.29. The first-order valence-corrected chi connectivity index (χ1v) is 8.20. The minimum atomic E-state index is 0.487. The minimum Gasteiger partial charge on any atom is -0.346 e. The molecular formula is C15H20Cl2N2S. The van der Waals surface area contributed by atoms with E-state index in [1.54, 1.807) is 6.07 Å². The smallest absolute Gasteiger partial charge is 0.173 e. The summed E-state index contributed by atoms with van der Waals surface area (Å²) in [6.07, 6.45) is 3.70. The third kappa shape index (κ3) is 3.78. The van der Waals surface area contributed by atoms with Gasteiger partial charge in [0, 0.05) is 18.3 Å². The van der Waals surface area contributed by atoms with E-state index in [1.807, 2.05) is 12.1 Å². The SMILES string of the molecule is CCC1CCC(C)N(C(=S)Nc2ccc(Cl)c(Cl)c2)C1. The largest absolute Gasteiger partial charge is 0.346 e. The Kier molecular flexibility index (Phi) is 5.53. The van der Waals surface area contributed by atoms with Crippen LogP contribution in [0.4, 0.5) is 5.69 Å². The van der Waals surface area contributed by atoms with Crippen LogP contribution in [0.15, 0.2) is 18.2 Å². The van der Waals surface area contributed by atoms with E-state index in [2.05, 4.69) is 24.1 Å².